The van der Waals surface area contributed by atoms with Gasteiger partial charge in [-0.1, -0.05) is 11.6 Å². The van der Waals surface area contributed by atoms with Crippen LogP contribution in [0.1, 0.15) is 48.1 Å². The summed E-state index contributed by atoms with van der Waals surface area (Å²) in [5, 5.41) is 21.8. The molecule has 0 amide bonds. The molecule has 30 heavy (non-hydrogen) atoms. The van der Waals surface area contributed by atoms with Crippen molar-refractivity contribution in [2.24, 2.45) is 0 Å². The molecule has 1 heterocycles. The summed E-state index contributed by atoms with van der Waals surface area (Å²) in [6.07, 6.45) is 3.06. The fourth-order valence-corrected chi connectivity index (χ4v) is 3.67. The van der Waals surface area contributed by atoms with Gasteiger partial charge in [-0.3, -0.25) is 19.7 Å². The van der Waals surface area contributed by atoms with E-state index in [1.165, 1.54) is 6.20 Å². The molecule has 0 unspecified atom stereocenters. The minimum absolute atomic E-state index is 0. The molecule has 0 spiro atoms. The maximum Gasteiger partial charge on any atom is 0.266 e. The molecule has 3 rings (SSSR count). The Kier molecular flexibility index (Phi) is 7.33. The van der Waals surface area contributed by atoms with Gasteiger partial charge in [0, 0.05) is 35.3 Å². The van der Waals surface area contributed by atoms with Crippen molar-refractivity contribution in [3.8, 4) is 0 Å². The van der Waals surface area contributed by atoms with Crippen LogP contribution in [-0.2, 0) is 0 Å². The number of pyridine rings is 1. The Bertz CT molecular complexity index is 1100. The Balaban J connectivity index is 0.00000320. The van der Waals surface area contributed by atoms with Crippen molar-refractivity contribution in [2.75, 3.05) is 13.6 Å². The average molecular weight is 459 g/mol. The number of rotatable bonds is 8. The number of hydrogen-bond acceptors (Lipinski definition) is 6. The second-order valence-corrected chi connectivity index (χ2v) is 7.62. The molecule has 1 aliphatic rings. The monoisotopic (exact) mass is 458 g/mol. The van der Waals surface area contributed by atoms with Crippen molar-refractivity contribution in [2.45, 2.75) is 38.3 Å². The molecule has 0 bridgehead atoms. The number of halogens is 3. The predicted octanol–water partition coefficient (Wildman–Crippen LogP) is 3.38. The van der Waals surface area contributed by atoms with Gasteiger partial charge in [0.2, 0.25) is 11.2 Å². The highest BCUT2D eigenvalue weighted by Crippen LogP contribution is 2.40. The molecule has 0 saturated heterocycles. The normalized spacial score (nSPS) is 14.3. The summed E-state index contributed by atoms with van der Waals surface area (Å²) >= 11 is 6.48. The number of nitro groups is 1. The van der Waals surface area contributed by atoms with Gasteiger partial charge in [0.15, 0.2) is 0 Å². The number of nitrogens with one attached hydrogen (secondary N) is 2. The Hall–Kier alpha value is -2.36. The summed E-state index contributed by atoms with van der Waals surface area (Å²) in [5.41, 5.74) is -1.01. The van der Waals surface area contributed by atoms with Crippen LogP contribution in [0, 0.1) is 21.3 Å². The van der Waals surface area contributed by atoms with Crippen molar-refractivity contribution < 1.29 is 14.1 Å². The number of aromatic nitrogens is 1. The molecule has 162 valence electrons. The number of Topliss-reactive ketones (excluding diaryl/α,β-unsaturated/α-hetero) is 1. The van der Waals surface area contributed by atoms with Crippen LogP contribution in [0.3, 0.4) is 0 Å². The summed E-state index contributed by atoms with van der Waals surface area (Å²) in [6, 6.07) is 0.849. The average Bonchev–Trinajstić information content (AvgIpc) is 3.46. The zero-order valence-corrected chi connectivity index (χ0v) is 17.9. The highest BCUT2D eigenvalue weighted by molar-refractivity contribution is 6.38. The van der Waals surface area contributed by atoms with Crippen molar-refractivity contribution in [1.82, 2.24) is 9.88 Å². The van der Waals surface area contributed by atoms with Gasteiger partial charge >= 0.3 is 0 Å². The van der Waals surface area contributed by atoms with Crippen LogP contribution in [0.4, 0.5) is 4.39 Å². The number of ketones is 1. The van der Waals surface area contributed by atoms with Crippen molar-refractivity contribution >= 4 is 46.4 Å². The van der Waals surface area contributed by atoms with E-state index < -0.39 is 28.5 Å². The van der Waals surface area contributed by atoms with Crippen LogP contribution in [-0.4, -0.2) is 40.6 Å². The maximum atomic E-state index is 14.9. The quantitative estimate of drug-likeness (QED) is 0.272. The fraction of sp³-hybridized carbons (Fsp3) is 0.421. The second kappa shape index (κ2) is 9.20. The Morgan fingerprint density at radius 2 is 2.13 bits per heavy atom. The molecule has 2 aromatic rings. The molecule has 0 radical (unpaired) electrons. The van der Waals surface area contributed by atoms with E-state index in [9.17, 15) is 24.1 Å². The van der Waals surface area contributed by atoms with Crippen LogP contribution < -0.4 is 10.7 Å². The van der Waals surface area contributed by atoms with E-state index in [-0.39, 0.29) is 63.7 Å². The van der Waals surface area contributed by atoms with Gasteiger partial charge < -0.3 is 15.3 Å². The minimum Gasteiger partial charge on any atom is -0.342 e. The van der Waals surface area contributed by atoms with E-state index in [4.69, 9.17) is 17.0 Å². The summed E-state index contributed by atoms with van der Waals surface area (Å²) < 4.78 is 16.5. The molecule has 1 saturated carbocycles. The lowest BCUT2D eigenvalue weighted by Gasteiger charge is -2.18. The highest BCUT2D eigenvalue weighted by Gasteiger charge is 2.30. The first-order chi connectivity index (χ1) is 13.6. The van der Waals surface area contributed by atoms with Gasteiger partial charge in [-0.15, -0.1) is 12.4 Å². The van der Waals surface area contributed by atoms with Gasteiger partial charge in [-0.05, 0) is 32.9 Å². The van der Waals surface area contributed by atoms with E-state index in [1.807, 2.05) is 6.92 Å². The van der Waals surface area contributed by atoms with Crippen molar-refractivity contribution in [3.05, 3.63) is 54.6 Å². The predicted molar refractivity (Wildman–Crippen MR) is 115 cm³/mol. The van der Waals surface area contributed by atoms with Crippen LogP contribution in [0.25, 0.3) is 10.9 Å². The molecule has 11 heteroatoms. The van der Waals surface area contributed by atoms with E-state index in [1.54, 1.807) is 11.6 Å². The number of carbonyl (C=O) groups is 1. The molecule has 1 atom stereocenters. The summed E-state index contributed by atoms with van der Waals surface area (Å²) in [6.45, 7) is 0.820. The number of nitrogens with zero attached hydrogens (tertiary/aromatic N) is 2. The number of benzene rings is 1. The van der Waals surface area contributed by atoms with Crippen LogP contribution in [0.5, 0.6) is 0 Å². The van der Waals surface area contributed by atoms with E-state index in [2.05, 4.69) is 5.32 Å². The lowest BCUT2D eigenvalue weighted by atomic mass is 9.99. The number of fused-ring (bicyclic) bond motifs is 1. The van der Waals surface area contributed by atoms with Gasteiger partial charge in [0.05, 0.1) is 27.1 Å². The first-order valence-electron chi connectivity index (χ1n) is 9.12. The molecule has 0 aliphatic heterocycles. The van der Waals surface area contributed by atoms with Crippen molar-refractivity contribution in [1.29, 1.82) is 5.41 Å². The minimum atomic E-state index is -1.02. The standard InChI is InChI=1S/C19H20ClFN4O4.ClH/c1-9(23-2)5-14(22)16-13(21)6-11-18(17(16)20)24(10-3-4-10)7-12(19(11)27)15(26)8-25(28)29;/h6-7,9-10,22-23H,3-5,8H2,1-2H3;1H/t9-;/m0./s1. The maximum absolute atomic E-state index is 14.9. The molecule has 1 fully saturated rings. The summed E-state index contributed by atoms with van der Waals surface area (Å²) in [7, 11) is 1.73. The smallest absolute Gasteiger partial charge is 0.266 e. The topological polar surface area (TPSA) is 118 Å². The van der Waals surface area contributed by atoms with Gasteiger partial charge in [-0.25, -0.2) is 4.39 Å². The fourth-order valence-electron chi connectivity index (χ4n) is 3.27. The first kappa shape index (κ1) is 23.9. The molecular formula is C19H21Cl2FN4O4. The number of carbonyl (C=O) groups excluding carboxylic acids is 1. The largest absolute Gasteiger partial charge is 0.342 e. The third kappa shape index (κ3) is 4.53. The second-order valence-electron chi connectivity index (χ2n) is 7.24. The third-order valence-electron chi connectivity index (χ3n) is 5.03. The molecule has 1 aromatic carbocycles. The zero-order chi connectivity index (χ0) is 21.5. The molecule has 8 nitrogen and oxygen atoms in total. The van der Waals surface area contributed by atoms with Crippen LogP contribution >= 0.6 is 24.0 Å². The molecule has 2 N–H and O–H groups in total. The van der Waals surface area contributed by atoms with Gasteiger partial charge in [0.25, 0.3) is 6.54 Å². The SMILES string of the molecule is CN[C@@H](C)CC(=N)c1c(F)cc2c(=O)c(C(=O)C[N+](=O)[O-])cn(C3CC3)c2c1Cl.Cl. The van der Waals surface area contributed by atoms with E-state index in [0.717, 1.165) is 18.9 Å². The van der Waals surface area contributed by atoms with Crippen LogP contribution in [0.15, 0.2) is 17.1 Å². The lowest BCUT2D eigenvalue weighted by molar-refractivity contribution is -0.465. The van der Waals surface area contributed by atoms with Gasteiger partial charge in [0.1, 0.15) is 5.82 Å². The Morgan fingerprint density at radius 1 is 1.50 bits per heavy atom. The van der Waals surface area contributed by atoms with E-state index >= 15 is 0 Å². The number of hydrogen-bond donors (Lipinski definition) is 2. The zero-order valence-electron chi connectivity index (χ0n) is 16.3. The molecular weight excluding hydrogens is 438 g/mol. The highest BCUT2D eigenvalue weighted by atomic mass is 35.5. The molecule has 1 aromatic heterocycles. The third-order valence-corrected chi connectivity index (χ3v) is 5.39. The summed E-state index contributed by atoms with van der Waals surface area (Å²) in [5.74, 6) is -1.78. The molecule has 1 aliphatic carbocycles. The van der Waals surface area contributed by atoms with Crippen LogP contribution in [0.2, 0.25) is 5.02 Å². The van der Waals surface area contributed by atoms with Crippen molar-refractivity contribution in [3.63, 3.8) is 0 Å². The summed E-state index contributed by atoms with van der Waals surface area (Å²) in [4.78, 5) is 34.9. The van der Waals surface area contributed by atoms with E-state index in [0.29, 0.717) is 0 Å². The Labute approximate surface area is 182 Å². The first-order valence-corrected chi connectivity index (χ1v) is 9.50. The lowest BCUT2D eigenvalue weighted by Crippen LogP contribution is -2.26. The Morgan fingerprint density at radius 3 is 2.67 bits per heavy atom. The van der Waals surface area contributed by atoms with Gasteiger partial charge in [-0.2, -0.15) is 0 Å².